The van der Waals surface area contributed by atoms with Crippen molar-refractivity contribution in [3.63, 3.8) is 0 Å². The smallest absolute Gasteiger partial charge is 0.249 e. The Balaban J connectivity index is 1.47. The predicted octanol–water partition coefficient (Wildman–Crippen LogP) is 3.41. The highest BCUT2D eigenvalue weighted by Gasteiger charge is 2.13. The largest absolute Gasteiger partial charge is 0.497 e. The summed E-state index contributed by atoms with van der Waals surface area (Å²) in [6.07, 6.45) is 1.74. The number of anilines is 1. The number of benzene rings is 2. The number of fused-ring (bicyclic) bond motifs is 1. The van der Waals surface area contributed by atoms with Gasteiger partial charge >= 0.3 is 0 Å². The summed E-state index contributed by atoms with van der Waals surface area (Å²) >= 11 is 0. The highest BCUT2D eigenvalue weighted by molar-refractivity contribution is 5.94. The van der Waals surface area contributed by atoms with Crippen molar-refractivity contribution in [2.75, 3.05) is 12.4 Å². The molecule has 0 spiro atoms. The summed E-state index contributed by atoms with van der Waals surface area (Å²) in [7, 11) is 1.60. The van der Waals surface area contributed by atoms with Gasteiger partial charge in [0.25, 0.3) is 0 Å². The van der Waals surface area contributed by atoms with Crippen LogP contribution < -0.4 is 10.1 Å². The fourth-order valence-electron chi connectivity index (χ4n) is 2.71. The molecule has 2 aromatic heterocycles. The maximum atomic E-state index is 12.3. The Bertz CT molecular complexity index is 1050. The first kappa shape index (κ1) is 15.9. The number of hydrogen-bond acceptors (Lipinski definition) is 5. The quantitative estimate of drug-likeness (QED) is 0.576. The Morgan fingerprint density at radius 1 is 1.23 bits per heavy atom. The normalized spacial score (nSPS) is 10.8. The molecule has 7 heteroatoms. The van der Waals surface area contributed by atoms with Crippen molar-refractivity contribution in [2.24, 2.45) is 0 Å². The summed E-state index contributed by atoms with van der Waals surface area (Å²) in [4.78, 5) is 16.6. The SMILES string of the molecule is COc1ccc2c(CC(=O)Nc3n[nH]c(-c4ccccc4)n3)coc2c1. The number of H-pyrrole nitrogens is 1. The van der Waals surface area contributed by atoms with E-state index in [-0.39, 0.29) is 18.3 Å². The summed E-state index contributed by atoms with van der Waals surface area (Å²) in [5.74, 6) is 1.32. The van der Waals surface area contributed by atoms with Gasteiger partial charge < -0.3 is 9.15 Å². The fourth-order valence-corrected chi connectivity index (χ4v) is 2.71. The van der Waals surface area contributed by atoms with E-state index < -0.39 is 0 Å². The molecule has 2 aromatic carbocycles. The molecular weight excluding hydrogens is 332 g/mol. The third kappa shape index (κ3) is 3.14. The number of rotatable bonds is 5. The third-order valence-electron chi connectivity index (χ3n) is 4.00. The minimum absolute atomic E-state index is 0.161. The van der Waals surface area contributed by atoms with Crippen molar-refractivity contribution < 1.29 is 13.9 Å². The van der Waals surface area contributed by atoms with Crippen molar-refractivity contribution in [2.45, 2.75) is 6.42 Å². The van der Waals surface area contributed by atoms with Crippen molar-refractivity contribution in [3.05, 3.63) is 60.4 Å². The molecule has 0 unspecified atom stereocenters. The standard InChI is InChI=1S/C19H16N4O3/c1-25-14-7-8-15-13(11-26-16(15)10-14)9-17(24)20-19-21-18(22-23-19)12-5-3-2-4-6-12/h2-8,10-11H,9H2,1H3,(H2,20,21,22,23,24). The monoisotopic (exact) mass is 348 g/mol. The van der Waals surface area contributed by atoms with Gasteiger partial charge in [0, 0.05) is 22.6 Å². The van der Waals surface area contributed by atoms with E-state index in [9.17, 15) is 4.79 Å². The van der Waals surface area contributed by atoms with Gasteiger partial charge in [0.2, 0.25) is 11.9 Å². The number of carbonyl (C=O) groups is 1. The Morgan fingerprint density at radius 2 is 2.08 bits per heavy atom. The lowest BCUT2D eigenvalue weighted by atomic mass is 10.1. The van der Waals surface area contributed by atoms with Crippen LogP contribution in [0.5, 0.6) is 5.75 Å². The molecule has 130 valence electrons. The molecule has 0 aliphatic carbocycles. The second-order valence-corrected chi connectivity index (χ2v) is 5.72. The molecule has 0 aliphatic heterocycles. The van der Waals surface area contributed by atoms with Crippen molar-refractivity contribution >= 4 is 22.8 Å². The molecule has 0 fully saturated rings. The highest BCUT2D eigenvalue weighted by atomic mass is 16.5. The zero-order valence-corrected chi connectivity index (χ0v) is 14.0. The summed E-state index contributed by atoms with van der Waals surface area (Å²) < 4.78 is 10.7. The van der Waals surface area contributed by atoms with Crippen LogP contribution in [-0.2, 0) is 11.2 Å². The van der Waals surface area contributed by atoms with Gasteiger partial charge in [-0.3, -0.25) is 15.2 Å². The van der Waals surface area contributed by atoms with Gasteiger partial charge in [-0.15, -0.1) is 5.10 Å². The summed E-state index contributed by atoms with van der Waals surface area (Å²) in [6.45, 7) is 0. The van der Waals surface area contributed by atoms with Gasteiger partial charge in [0.15, 0.2) is 5.82 Å². The molecule has 0 bridgehead atoms. The van der Waals surface area contributed by atoms with Crippen molar-refractivity contribution in [1.82, 2.24) is 15.2 Å². The number of aromatic amines is 1. The molecule has 4 aromatic rings. The van der Waals surface area contributed by atoms with Crippen LogP contribution in [0.15, 0.2) is 59.2 Å². The average molecular weight is 348 g/mol. The van der Waals surface area contributed by atoms with Crippen molar-refractivity contribution in [1.29, 1.82) is 0 Å². The fraction of sp³-hybridized carbons (Fsp3) is 0.105. The molecule has 26 heavy (non-hydrogen) atoms. The summed E-state index contributed by atoms with van der Waals surface area (Å²) in [5, 5.41) is 10.4. The first-order valence-corrected chi connectivity index (χ1v) is 8.05. The Kier molecular flexibility index (Phi) is 4.10. The Morgan fingerprint density at radius 3 is 2.88 bits per heavy atom. The Labute approximate surface area is 149 Å². The molecule has 7 nitrogen and oxygen atoms in total. The number of nitrogens with zero attached hydrogens (tertiary/aromatic N) is 2. The molecule has 0 atom stereocenters. The van der Waals surface area contributed by atoms with Gasteiger partial charge in [-0.25, -0.2) is 0 Å². The van der Waals surface area contributed by atoms with E-state index in [1.165, 1.54) is 0 Å². The van der Waals surface area contributed by atoms with E-state index in [1.807, 2.05) is 42.5 Å². The van der Waals surface area contributed by atoms with E-state index in [0.29, 0.717) is 17.2 Å². The number of hydrogen-bond donors (Lipinski definition) is 2. The van der Waals surface area contributed by atoms with Crippen LogP contribution in [0.2, 0.25) is 0 Å². The number of furan rings is 1. The van der Waals surface area contributed by atoms with Gasteiger partial charge in [0.05, 0.1) is 19.8 Å². The zero-order chi connectivity index (χ0) is 17.9. The lowest BCUT2D eigenvalue weighted by Gasteiger charge is -2.01. The molecule has 0 aliphatic rings. The zero-order valence-electron chi connectivity index (χ0n) is 14.0. The van der Waals surface area contributed by atoms with Gasteiger partial charge in [0.1, 0.15) is 11.3 Å². The maximum absolute atomic E-state index is 12.3. The summed E-state index contributed by atoms with van der Waals surface area (Å²) in [6, 6.07) is 15.1. The highest BCUT2D eigenvalue weighted by Crippen LogP contribution is 2.26. The number of methoxy groups -OCH3 is 1. The molecule has 4 rings (SSSR count). The first-order valence-electron chi connectivity index (χ1n) is 8.05. The minimum atomic E-state index is -0.220. The third-order valence-corrected chi connectivity index (χ3v) is 4.00. The maximum Gasteiger partial charge on any atom is 0.249 e. The van der Waals surface area contributed by atoms with E-state index in [2.05, 4.69) is 20.5 Å². The number of carbonyl (C=O) groups excluding carboxylic acids is 1. The molecule has 2 N–H and O–H groups in total. The van der Waals surface area contributed by atoms with Crippen LogP contribution >= 0.6 is 0 Å². The molecule has 0 saturated heterocycles. The van der Waals surface area contributed by atoms with E-state index in [0.717, 1.165) is 16.5 Å². The lowest BCUT2D eigenvalue weighted by molar-refractivity contribution is -0.115. The number of nitrogens with one attached hydrogen (secondary N) is 2. The van der Waals surface area contributed by atoms with Crippen LogP contribution in [-0.4, -0.2) is 28.2 Å². The number of aromatic nitrogens is 3. The minimum Gasteiger partial charge on any atom is -0.497 e. The average Bonchev–Trinajstić information content (AvgIpc) is 3.29. The molecule has 0 saturated carbocycles. The van der Waals surface area contributed by atoms with E-state index in [4.69, 9.17) is 9.15 Å². The second kappa shape index (κ2) is 6.72. The van der Waals surface area contributed by atoms with Crippen LogP contribution in [0, 0.1) is 0 Å². The topological polar surface area (TPSA) is 93.0 Å². The Hall–Kier alpha value is -3.61. The summed E-state index contributed by atoms with van der Waals surface area (Å²) in [5.41, 5.74) is 2.37. The van der Waals surface area contributed by atoms with Crippen LogP contribution in [0.1, 0.15) is 5.56 Å². The van der Waals surface area contributed by atoms with Crippen LogP contribution in [0.3, 0.4) is 0 Å². The van der Waals surface area contributed by atoms with Crippen LogP contribution in [0.25, 0.3) is 22.4 Å². The van der Waals surface area contributed by atoms with Gasteiger partial charge in [-0.2, -0.15) is 4.98 Å². The van der Waals surface area contributed by atoms with Crippen LogP contribution in [0.4, 0.5) is 5.95 Å². The van der Waals surface area contributed by atoms with E-state index >= 15 is 0 Å². The predicted molar refractivity (Wildman–Crippen MR) is 96.9 cm³/mol. The number of ether oxygens (including phenoxy) is 1. The lowest BCUT2D eigenvalue weighted by Crippen LogP contribution is -2.15. The number of amides is 1. The van der Waals surface area contributed by atoms with E-state index in [1.54, 1.807) is 19.4 Å². The molecule has 0 radical (unpaired) electrons. The van der Waals surface area contributed by atoms with Crippen molar-refractivity contribution in [3.8, 4) is 17.1 Å². The van der Waals surface area contributed by atoms with Gasteiger partial charge in [-0.1, -0.05) is 30.3 Å². The van der Waals surface area contributed by atoms with Gasteiger partial charge in [-0.05, 0) is 12.1 Å². The second-order valence-electron chi connectivity index (χ2n) is 5.72. The molecular formula is C19H16N4O3. The first-order chi connectivity index (χ1) is 12.7. The molecule has 1 amide bonds. The molecule has 2 heterocycles.